The molecule has 0 radical (unpaired) electrons. The number of carbonyl (C=O) groups is 1. The maximum absolute atomic E-state index is 12.0. The zero-order valence-electron chi connectivity index (χ0n) is 11.8. The van der Waals surface area contributed by atoms with E-state index in [0.717, 1.165) is 6.07 Å². The van der Waals surface area contributed by atoms with Gasteiger partial charge in [0, 0.05) is 6.07 Å². The van der Waals surface area contributed by atoms with Crippen LogP contribution in [0.3, 0.4) is 0 Å². The first-order valence-corrected chi connectivity index (χ1v) is 7.56. The van der Waals surface area contributed by atoms with Crippen molar-refractivity contribution in [2.75, 3.05) is 19.5 Å². The molecule has 0 aliphatic carbocycles. The van der Waals surface area contributed by atoms with Crippen LogP contribution in [0.1, 0.15) is 10.6 Å². The van der Waals surface area contributed by atoms with Crippen LogP contribution in [0.15, 0.2) is 39.8 Å². The summed E-state index contributed by atoms with van der Waals surface area (Å²) in [5, 5.41) is 6.97. The zero-order chi connectivity index (χ0) is 16.3. The molecule has 0 aliphatic heterocycles. The molecule has 9 heteroatoms. The molecule has 1 aromatic carbocycles. The van der Waals surface area contributed by atoms with Gasteiger partial charge in [0.2, 0.25) is 5.09 Å². The summed E-state index contributed by atoms with van der Waals surface area (Å²) in [5.74, 6) is 0.107. The first-order chi connectivity index (χ1) is 10.3. The molecule has 1 aromatic heterocycles. The second-order valence-corrected chi connectivity index (χ2v) is 5.68. The van der Waals surface area contributed by atoms with Gasteiger partial charge < -0.3 is 19.2 Å². The Morgan fingerprint density at radius 2 is 1.91 bits per heavy atom. The standard InChI is InChI=1S/C13H14N2O6S/c1-19-8-3-4-9(11(7-8)20-2)15-13(16)10-5-6-12(21-10)22(14,17)18/h3-7H,1-2H3,(H,15,16)(H2,14,17,18). The molecule has 0 fully saturated rings. The van der Waals surface area contributed by atoms with Crippen molar-refractivity contribution in [2.45, 2.75) is 5.09 Å². The maximum Gasteiger partial charge on any atom is 0.291 e. The van der Waals surface area contributed by atoms with Crippen molar-refractivity contribution >= 4 is 21.6 Å². The fourth-order valence-electron chi connectivity index (χ4n) is 1.68. The number of primary sulfonamides is 1. The molecule has 3 N–H and O–H groups in total. The first kappa shape index (κ1) is 15.9. The smallest absolute Gasteiger partial charge is 0.291 e. The second kappa shape index (κ2) is 6.08. The molecule has 0 aliphatic rings. The summed E-state index contributed by atoms with van der Waals surface area (Å²) in [6.07, 6.45) is 0. The maximum atomic E-state index is 12.0. The molecule has 22 heavy (non-hydrogen) atoms. The van der Waals surface area contributed by atoms with Crippen molar-refractivity contribution in [1.29, 1.82) is 0 Å². The molecule has 118 valence electrons. The van der Waals surface area contributed by atoms with Gasteiger partial charge in [-0.25, -0.2) is 13.6 Å². The molecule has 0 bridgehead atoms. The third kappa shape index (κ3) is 3.38. The fourth-order valence-corrected chi connectivity index (χ4v) is 2.14. The Labute approximate surface area is 126 Å². The number of hydrogen-bond acceptors (Lipinski definition) is 6. The van der Waals surface area contributed by atoms with Crippen molar-refractivity contribution in [1.82, 2.24) is 0 Å². The van der Waals surface area contributed by atoms with E-state index in [1.165, 1.54) is 20.3 Å². The average molecular weight is 326 g/mol. The normalized spacial score (nSPS) is 11.0. The number of carbonyl (C=O) groups excluding carboxylic acids is 1. The SMILES string of the molecule is COc1ccc(NC(=O)c2ccc(S(N)(=O)=O)o2)c(OC)c1. The number of nitrogens with one attached hydrogen (secondary N) is 1. The highest BCUT2D eigenvalue weighted by atomic mass is 32.2. The monoisotopic (exact) mass is 326 g/mol. The Morgan fingerprint density at radius 3 is 2.45 bits per heavy atom. The molecular weight excluding hydrogens is 312 g/mol. The Hall–Kier alpha value is -2.52. The van der Waals surface area contributed by atoms with Crippen molar-refractivity contribution in [3.8, 4) is 11.5 Å². The van der Waals surface area contributed by atoms with Crippen LogP contribution in [0.5, 0.6) is 11.5 Å². The lowest BCUT2D eigenvalue weighted by atomic mass is 10.2. The van der Waals surface area contributed by atoms with Gasteiger partial charge in [-0.2, -0.15) is 0 Å². The number of nitrogens with two attached hydrogens (primary N) is 1. The molecule has 0 saturated carbocycles. The highest BCUT2D eigenvalue weighted by molar-refractivity contribution is 7.89. The summed E-state index contributed by atoms with van der Waals surface area (Å²) in [7, 11) is -1.05. The lowest BCUT2D eigenvalue weighted by molar-refractivity contribution is 0.0991. The van der Waals surface area contributed by atoms with E-state index < -0.39 is 21.0 Å². The minimum atomic E-state index is -4.00. The number of amides is 1. The molecule has 0 spiro atoms. The predicted molar refractivity (Wildman–Crippen MR) is 77.6 cm³/mol. The van der Waals surface area contributed by atoms with Crippen LogP contribution < -0.4 is 19.9 Å². The van der Waals surface area contributed by atoms with Gasteiger partial charge in [0.25, 0.3) is 15.9 Å². The summed E-state index contributed by atoms with van der Waals surface area (Å²) in [5.41, 5.74) is 0.377. The van der Waals surface area contributed by atoms with Crippen LogP contribution in [0, 0.1) is 0 Å². The molecule has 1 heterocycles. The van der Waals surface area contributed by atoms with E-state index in [1.54, 1.807) is 18.2 Å². The fraction of sp³-hybridized carbons (Fsp3) is 0.154. The Balaban J connectivity index is 2.24. The molecule has 8 nitrogen and oxygen atoms in total. The summed E-state index contributed by atoms with van der Waals surface area (Å²) >= 11 is 0. The van der Waals surface area contributed by atoms with Crippen LogP contribution in [0.2, 0.25) is 0 Å². The summed E-state index contributed by atoms with van der Waals surface area (Å²) in [6.45, 7) is 0. The third-order valence-electron chi connectivity index (χ3n) is 2.74. The number of ether oxygens (including phenoxy) is 2. The molecule has 2 rings (SSSR count). The number of anilines is 1. The number of benzene rings is 1. The minimum absolute atomic E-state index is 0.193. The third-order valence-corrected chi connectivity index (χ3v) is 3.52. The van der Waals surface area contributed by atoms with Gasteiger partial charge in [0.1, 0.15) is 11.5 Å². The molecule has 0 atom stereocenters. The van der Waals surface area contributed by atoms with Crippen molar-refractivity contribution in [3.05, 3.63) is 36.1 Å². The number of hydrogen-bond donors (Lipinski definition) is 2. The topological polar surface area (TPSA) is 121 Å². The van der Waals surface area contributed by atoms with E-state index in [-0.39, 0.29) is 5.76 Å². The van der Waals surface area contributed by atoms with Crippen LogP contribution in [0.25, 0.3) is 0 Å². The van der Waals surface area contributed by atoms with Gasteiger partial charge >= 0.3 is 0 Å². The van der Waals surface area contributed by atoms with Crippen LogP contribution >= 0.6 is 0 Å². The van der Waals surface area contributed by atoms with Gasteiger partial charge in [-0.05, 0) is 24.3 Å². The van der Waals surface area contributed by atoms with E-state index in [0.29, 0.717) is 17.2 Å². The average Bonchev–Trinajstić information content (AvgIpc) is 2.97. The first-order valence-electron chi connectivity index (χ1n) is 6.01. The second-order valence-electron chi connectivity index (χ2n) is 4.18. The molecule has 0 unspecified atom stereocenters. The van der Waals surface area contributed by atoms with Crippen LogP contribution in [-0.4, -0.2) is 28.5 Å². The minimum Gasteiger partial charge on any atom is -0.497 e. The quantitative estimate of drug-likeness (QED) is 0.851. The van der Waals surface area contributed by atoms with Gasteiger partial charge in [-0.1, -0.05) is 0 Å². The van der Waals surface area contributed by atoms with Gasteiger partial charge in [0.05, 0.1) is 19.9 Å². The number of sulfonamides is 1. The van der Waals surface area contributed by atoms with Gasteiger partial charge in [0.15, 0.2) is 5.76 Å². The molecule has 0 saturated heterocycles. The Bertz CT molecular complexity index is 797. The number of rotatable bonds is 5. The zero-order valence-corrected chi connectivity index (χ0v) is 12.6. The van der Waals surface area contributed by atoms with E-state index >= 15 is 0 Å². The largest absolute Gasteiger partial charge is 0.497 e. The highest BCUT2D eigenvalue weighted by Crippen LogP contribution is 2.29. The van der Waals surface area contributed by atoms with Gasteiger partial charge in [-0.3, -0.25) is 4.79 Å². The summed E-state index contributed by atoms with van der Waals surface area (Å²) in [4.78, 5) is 12.0. The molecule has 1 amide bonds. The van der Waals surface area contributed by atoms with Crippen molar-refractivity contribution in [3.63, 3.8) is 0 Å². The van der Waals surface area contributed by atoms with E-state index in [1.807, 2.05) is 0 Å². The Morgan fingerprint density at radius 1 is 1.18 bits per heavy atom. The van der Waals surface area contributed by atoms with Crippen molar-refractivity contribution in [2.24, 2.45) is 5.14 Å². The lowest BCUT2D eigenvalue weighted by Gasteiger charge is -2.10. The van der Waals surface area contributed by atoms with Crippen LogP contribution in [0.4, 0.5) is 5.69 Å². The van der Waals surface area contributed by atoms with Crippen LogP contribution in [-0.2, 0) is 10.0 Å². The summed E-state index contributed by atoms with van der Waals surface area (Å²) in [6, 6.07) is 7.13. The van der Waals surface area contributed by atoms with Crippen molar-refractivity contribution < 1.29 is 27.1 Å². The molecular formula is C13H14N2O6S. The van der Waals surface area contributed by atoms with E-state index in [4.69, 9.17) is 19.0 Å². The van der Waals surface area contributed by atoms with Gasteiger partial charge in [-0.15, -0.1) is 0 Å². The molecule has 2 aromatic rings. The predicted octanol–water partition coefficient (Wildman–Crippen LogP) is 1.20. The summed E-state index contributed by atoms with van der Waals surface area (Å²) < 4.78 is 37.3. The van der Waals surface area contributed by atoms with E-state index in [2.05, 4.69) is 5.32 Å². The van der Waals surface area contributed by atoms with E-state index in [9.17, 15) is 13.2 Å². The lowest BCUT2D eigenvalue weighted by Crippen LogP contribution is -2.13. The number of methoxy groups -OCH3 is 2. The Kier molecular flexibility index (Phi) is 4.38. The highest BCUT2D eigenvalue weighted by Gasteiger charge is 2.18. The number of furan rings is 1.